The lowest BCUT2D eigenvalue weighted by molar-refractivity contribution is 0.253. The summed E-state index contributed by atoms with van der Waals surface area (Å²) in [6.45, 7) is 0. The number of aromatic nitrogens is 2. The van der Waals surface area contributed by atoms with Crippen molar-refractivity contribution < 1.29 is 4.79 Å². The zero-order valence-corrected chi connectivity index (χ0v) is 12.9. The molecule has 1 aliphatic carbocycles. The maximum atomic E-state index is 12.1. The van der Waals surface area contributed by atoms with E-state index in [0.717, 1.165) is 5.56 Å². The van der Waals surface area contributed by atoms with Gasteiger partial charge in [0.25, 0.3) is 0 Å². The number of nitrogens with zero attached hydrogens (tertiary/aromatic N) is 3. The van der Waals surface area contributed by atoms with Crippen LogP contribution in [0.1, 0.15) is 29.9 Å². The topological polar surface area (TPSA) is 85.3 Å². The summed E-state index contributed by atoms with van der Waals surface area (Å²) in [5, 5.41) is 2.85. The van der Waals surface area contributed by atoms with Crippen LogP contribution in [0.25, 0.3) is 5.70 Å². The van der Waals surface area contributed by atoms with E-state index in [1.165, 1.54) is 29.3 Å². The second-order valence-corrected chi connectivity index (χ2v) is 5.51. The van der Waals surface area contributed by atoms with Crippen LogP contribution in [-0.4, -0.2) is 28.8 Å². The normalized spacial score (nSPS) is 15.1. The van der Waals surface area contributed by atoms with E-state index < -0.39 is 0 Å². The summed E-state index contributed by atoms with van der Waals surface area (Å²) in [5.41, 5.74) is 9.72. The molecule has 23 heavy (non-hydrogen) atoms. The van der Waals surface area contributed by atoms with Gasteiger partial charge in [-0.25, -0.2) is 9.78 Å². The first-order chi connectivity index (χ1) is 11.2. The van der Waals surface area contributed by atoms with Crippen LogP contribution in [0.5, 0.6) is 0 Å². The fourth-order valence-electron chi connectivity index (χ4n) is 2.45. The van der Waals surface area contributed by atoms with E-state index in [-0.39, 0.29) is 6.03 Å². The molecule has 0 saturated heterocycles. The molecule has 3 rings (SSSR count). The van der Waals surface area contributed by atoms with Gasteiger partial charge in [0.15, 0.2) is 0 Å². The highest BCUT2D eigenvalue weighted by atomic mass is 16.2. The van der Waals surface area contributed by atoms with E-state index in [0.29, 0.717) is 17.3 Å². The summed E-state index contributed by atoms with van der Waals surface area (Å²) in [6.07, 6.45) is 10.4. The van der Waals surface area contributed by atoms with Gasteiger partial charge in [0, 0.05) is 42.6 Å². The molecular weight excluding hydrogens is 290 g/mol. The molecule has 0 radical (unpaired) electrons. The van der Waals surface area contributed by atoms with Crippen LogP contribution >= 0.6 is 0 Å². The second-order valence-electron chi connectivity index (χ2n) is 5.51. The third-order valence-corrected chi connectivity index (χ3v) is 3.77. The van der Waals surface area contributed by atoms with Crippen LogP contribution < -0.4 is 11.1 Å². The molecule has 0 atom stereocenters. The summed E-state index contributed by atoms with van der Waals surface area (Å²) in [7, 11) is 1.70. The van der Waals surface area contributed by atoms with Crippen molar-refractivity contribution in [2.45, 2.75) is 18.8 Å². The predicted molar refractivity (Wildman–Crippen MR) is 91.6 cm³/mol. The maximum absolute atomic E-state index is 12.1. The molecule has 1 aromatic heterocycles. The lowest BCUT2D eigenvalue weighted by atomic mass is 9.99. The number of anilines is 1. The predicted octanol–water partition coefficient (Wildman–Crippen LogP) is 2.84. The number of nitrogens with one attached hydrogen (secondary N) is 1. The monoisotopic (exact) mass is 309 g/mol. The number of carbonyl (C=O) groups is 1. The number of carbonyl (C=O) groups excluding carboxylic acids is 1. The molecule has 0 spiro atoms. The van der Waals surface area contributed by atoms with Gasteiger partial charge in [-0.2, -0.15) is 0 Å². The summed E-state index contributed by atoms with van der Waals surface area (Å²) < 4.78 is 1.39. The van der Waals surface area contributed by atoms with Crippen LogP contribution in [0.15, 0.2) is 48.0 Å². The van der Waals surface area contributed by atoms with Crippen molar-refractivity contribution in [3.05, 3.63) is 54.1 Å². The number of aliphatic imine (C=N–C) groups is 1. The zero-order chi connectivity index (χ0) is 16.2. The maximum Gasteiger partial charge on any atom is 0.331 e. The van der Waals surface area contributed by atoms with Crippen molar-refractivity contribution in [2.75, 3.05) is 12.4 Å². The SMILES string of the molecule is CN=C/C=C(\N)c1cc(NC(=O)n2ccnc2)ccc1C1CC1. The molecule has 0 aliphatic heterocycles. The molecule has 6 heteroatoms. The number of hydrogen-bond donors (Lipinski definition) is 2. The largest absolute Gasteiger partial charge is 0.398 e. The first-order valence-corrected chi connectivity index (χ1v) is 7.50. The summed E-state index contributed by atoms with van der Waals surface area (Å²) in [4.78, 5) is 19.9. The quantitative estimate of drug-likeness (QED) is 0.852. The van der Waals surface area contributed by atoms with Crippen LogP contribution in [0.4, 0.5) is 10.5 Å². The van der Waals surface area contributed by atoms with E-state index >= 15 is 0 Å². The highest BCUT2D eigenvalue weighted by molar-refractivity contribution is 5.92. The lowest BCUT2D eigenvalue weighted by Crippen LogP contribution is -2.18. The number of amides is 1. The average Bonchev–Trinajstić information content (AvgIpc) is 3.25. The van der Waals surface area contributed by atoms with Crippen molar-refractivity contribution in [1.29, 1.82) is 0 Å². The van der Waals surface area contributed by atoms with Crippen molar-refractivity contribution in [2.24, 2.45) is 10.7 Å². The minimum absolute atomic E-state index is 0.259. The van der Waals surface area contributed by atoms with E-state index in [2.05, 4.69) is 15.3 Å². The van der Waals surface area contributed by atoms with Gasteiger partial charge in [-0.15, -0.1) is 0 Å². The Kier molecular flexibility index (Phi) is 4.23. The van der Waals surface area contributed by atoms with E-state index in [1.807, 2.05) is 18.2 Å². The molecule has 1 saturated carbocycles. The number of nitrogens with two attached hydrogens (primary N) is 1. The number of imidazole rings is 1. The van der Waals surface area contributed by atoms with Gasteiger partial charge in [-0.1, -0.05) is 6.07 Å². The third-order valence-electron chi connectivity index (χ3n) is 3.77. The Hall–Kier alpha value is -2.89. The van der Waals surface area contributed by atoms with Gasteiger partial charge in [0.2, 0.25) is 0 Å². The molecule has 1 aliphatic rings. The lowest BCUT2D eigenvalue weighted by Gasteiger charge is -2.12. The molecule has 1 heterocycles. The minimum Gasteiger partial charge on any atom is -0.398 e. The number of rotatable bonds is 4. The van der Waals surface area contributed by atoms with Crippen LogP contribution in [-0.2, 0) is 0 Å². The van der Waals surface area contributed by atoms with Crippen LogP contribution in [0.2, 0.25) is 0 Å². The Morgan fingerprint density at radius 3 is 2.96 bits per heavy atom. The summed E-state index contributed by atoms with van der Waals surface area (Å²) >= 11 is 0. The molecule has 1 amide bonds. The third kappa shape index (κ3) is 3.48. The fraction of sp³-hybridized carbons (Fsp3) is 0.235. The molecule has 6 nitrogen and oxygen atoms in total. The molecule has 3 N–H and O–H groups in total. The number of benzene rings is 1. The Morgan fingerprint density at radius 1 is 1.48 bits per heavy atom. The molecular formula is C17H19N5O. The minimum atomic E-state index is -0.259. The summed E-state index contributed by atoms with van der Waals surface area (Å²) in [5.74, 6) is 0.564. The molecule has 1 fully saturated rings. The van der Waals surface area contributed by atoms with Gasteiger partial charge < -0.3 is 11.1 Å². The van der Waals surface area contributed by atoms with Gasteiger partial charge >= 0.3 is 6.03 Å². The van der Waals surface area contributed by atoms with E-state index in [1.54, 1.807) is 31.7 Å². The average molecular weight is 309 g/mol. The molecule has 1 aromatic carbocycles. The molecule has 0 unspecified atom stereocenters. The Balaban J connectivity index is 1.89. The zero-order valence-electron chi connectivity index (χ0n) is 12.9. The molecule has 0 bridgehead atoms. The summed E-state index contributed by atoms with van der Waals surface area (Å²) in [6, 6.07) is 5.61. The van der Waals surface area contributed by atoms with Crippen LogP contribution in [0, 0.1) is 0 Å². The molecule has 118 valence electrons. The van der Waals surface area contributed by atoms with Gasteiger partial charge in [0.1, 0.15) is 6.33 Å². The van der Waals surface area contributed by atoms with Crippen LogP contribution in [0.3, 0.4) is 0 Å². The van der Waals surface area contributed by atoms with E-state index in [4.69, 9.17) is 5.73 Å². The first-order valence-electron chi connectivity index (χ1n) is 7.50. The number of allylic oxidation sites excluding steroid dienone is 1. The number of hydrogen-bond acceptors (Lipinski definition) is 4. The van der Waals surface area contributed by atoms with Crippen molar-refractivity contribution >= 4 is 23.6 Å². The molecule has 2 aromatic rings. The van der Waals surface area contributed by atoms with Crippen molar-refractivity contribution in [3.8, 4) is 0 Å². The van der Waals surface area contributed by atoms with E-state index in [9.17, 15) is 4.79 Å². The smallest absolute Gasteiger partial charge is 0.331 e. The van der Waals surface area contributed by atoms with Gasteiger partial charge in [-0.3, -0.25) is 9.56 Å². The Bertz CT molecular complexity index is 757. The second kappa shape index (κ2) is 6.48. The van der Waals surface area contributed by atoms with Crippen molar-refractivity contribution in [1.82, 2.24) is 9.55 Å². The van der Waals surface area contributed by atoms with Gasteiger partial charge in [-0.05, 0) is 42.5 Å². The standard InChI is InChI=1S/C17H19N5O/c1-19-7-6-16(18)15-10-13(4-5-14(15)12-2-3-12)21-17(23)22-9-8-20-11-22/h4-12H,2-3,18H2,1H3,(H,21,23)/b16-6-,19-7?. The highest BCUT2D eigenvalue weighted by Gasteiger charge is 2.26. The first kappa shape index (κ1) is 15.0. The Labute approximate surface area is 134 Å². The fourth-order valence-corrected chi connectivity index (χ4v) is 2.45. The highest BCUT2D eigenvalue weighted by Crippen LogP contribution is 2.43. The Morgan fingerprint density at radius 2 is 2.30 bits per heavy atom. The van der Waals surface area contributed by atoms with Crippen molar-refractivity contribution in [3.63, 3.8) is 0 Å². The van der Waals surface area contributed by atoms with Gasteiger partial charge in [0.05, 0.1) is 0 Å².